The Morgan fingerprint density at radius 1 is 1.19 bits per heavy atom. The number of benzene rings is 2. The first kappa shape index (κ1) is 16.0. The summed E-state index contributed by atoms with van der Waals surface area (Å²) in [6.45, 7) is 1.36. The highest BCUT2D eigenvalue weighted by Crippen LogP contribution is 2.20. The van der Waals surface area contributed by atoms with Crippen molar-refractivity contribution in [2.24, 2.45) is 0 Å². The lowest BCUT2D eigenvalue weighted by Crippen LogP contribution is -2.13. The summed E-state index contributed by atoms with van der Waals surface area (Å²) in [6, 6.07) is 13.2. The van der Waals surface area contributed by atoms with Crippen LogP contribution >= 0.6 is 27.5 Å². The molecule has 3 nitrogen and oxygen atoms in total. The van der Waals surface area contributed by atoms with Gasteiger partial charge in [-0.3, -0.25) is 0 Å². The molecule has 0 unspecified atom stereocenters. The molecule has 0 heterocycles. The van der Waals surface area contributed by atoms with Crippen molar-refractivity contribution in [2.45, 2.75) is 13.1 Å². The fraction of sp³-hybridized carbons (Fsp3) is 0.188. The summed E-state index contributed by atoms with van der Waals surface area (Å²) in [5.41, 5.74) is 2.65. The molecule has 5 heteroatoms. The van der Waals surface area contributed by atoms with E-state index in [9.17, 15) is 4.79 Å². The quantitative estimate of drug-likeness (QED) is 0.805. The zero-order valence-corrected chi connectivity index (χ0v) is 13.9. The third-order valence-corrected chi connectivity index (χ3v) is 4.17. The van der Waals surface area contributed by atoms with Gasteiger partial charge < -0.3 is 10.1 Å². The van der Waals surface area contributed by atoms with Gasteiger partial charge in [0.05, 0.1) is 12.7 Å². The molecule has 0 amide bonds. The molecular weight excluding hydrogens is 354 g/mol. The number of hydrogen-bond donors (Lipinski definition) is 1. The normalized spacial score (nSPS) is 10.4. The molecule has 110 valence electrons. The summed E-state index contributed by atoms with van der Waals surface area (Å²) in [6.07, 6.45) is 0. The molecule has 0 aliphatic carbocycles. The molecule has 2 rings (SSSR count). The van der Waals surface area contributed by atoms with E-state index in [1.165, 1.54) is 7.11 Å². The van der Waals surface area contributed by atoms with E-state index < -0.39 is 0 Å². The summed E-state index contributed by atoms with van der Waals surface area (Å²) in [7, 11) is 1.37. The Kier molecular flexibility index (Phi) is 5.79. The lowest BCUT2D eigenvalue weighted by Gasteiger charge is -2.09. The van der Waals surface area contributed by atoms with E-state index in [-0.39, 0.29) is 5.97 Å². The summed E-state index contributed by atoms with van der Waals surface area (Å²) in [5, 5.41) is 4.09. The van der Waals surface area contributed by atoms with Gasteiger partial charge in [-0.15, -0.1) is 0 Å². The molecule has 0 bridgehead atoms. The van der Waals surface area contributed by atoms with E-state index in [1.54, 1.807) is 12.1 Å². The topological polar surface area (TPSA) is 38.3 Å². The van der Waals surface area contributed by atoms with Gasteiger partial charge in [0, 0.05) is 22.6 Å². The van der Waals surface area contributed by atoms with Crippen molar-refractivity contribution >= 4 is 33.5 Å². The van der Waals surface area contributed by atoms with Crippen LogP contribution in [0.1, 0.15) is 21.5 Å². The van der Waals surface area contributed by atoms with Crippen molar-refractivity contribution < 1.29 is 9.53 Å². The number of nitrogens with one attached hydrogen (secondary N) is 1. The number of ether oxygens (including phenoxy) is 1. The fourth-order valence-corrected chi connectivity index (χ4v) is 2.63. The summed E-state index contributed by atoms with van der Waals surface area (Å²) in [5.74, 6) is -0.341. The van der Waals surface area contributed by atoms with Gasteiger partial charge in [-0.1, -0.05) is 51.8 Å². The van der Waals surface area contributed by atoms with Gasteiger partial charge in [-0.2, -0.15) is 0 Å². The monoisotopic (exact) mass is 367 g/mol. The standard InChI is InChI=1S/C16H15BrClNO2/c1-21-16(20)11-6-7-12(14(17)8-11)9-19-10-13-4-2-3-5-15(13)18/h2-8,19H,9-10H2,1H3. The van der Waals surface area contributed by atoms with E-state index in [0.29, 0.717) is 18.7 Å². The van der Waals surface area contributed by atoms with Gasteiger partial charge in [0.15, 0.2) is 0 Å². The zero-order chi connectivity index (χ0) is 15.2. The average molecular weight is 369 g/mol. The maximum absolute atomic E-state index is 11.4. The van der Waals surface area contributed by atoms with E-state index in [1.807, 2.05) is 30.3 Å². The molecule has 1 N–H and O–H groups in total. The van der Waals surface area contributed by atoms with Crippen molar-refractivity contribution in [1.29, 1.82) is 0 Å². The van der Waals surface area contributed by atoms with Gasteiger partial charge in [0.2, 0.25) is 0 Å². The molecule has 0 saturated carbocycles. The highest BCUT2D eigenvalue weighted by Gasteiger charge is 2.08. The molecule has 2 aromatic carbocycles. The van der Waals surface area contributed by atoms with Crippen molar-refractivity contribution in [1.82, 2.24) is 5.32 Å². The van der Waals surface area contributed by atoms with Crippen LogP contribution in [0.25, 0.3) is 0 Å². The van der Waals surface area contributed by atoms with Gasteiger partial charge in [0.25, 0.3) is 0 Å². The van der Waals surface area contributed by atoms with Crippen molar-refractivity contribution in [3.63, 3.8) is 0 Å². The van der Waals surface area contributed by atoms with E-state index in [4.69, 9.17) is 16.3 Å². The summed E-state index contributed by atoms with van der Waals surface area (Å²) < 4.78 is 5.57. The van der Waals surface area contributed by atoms with Crippen molar-refractivity contribution in [3.05, 3.63) is 68.7 Å². The molecule has 2 aromatic rings. The SMILES string of the molecule is COC(=O)c1ccc(CNCc2ccccc2Cl)c(Br)c1. The first-order chi connectivity index (χ1) is 10.1. The lowest BCUT2D eigenvalue weighted by molar-refractivity contribution is 0.0600. The third-order valence-electron chi connectivity index (χ3n) is 3.06. The summed E-state index contributed by atoms with van der Waals surface area (Å²) >= 11 is 9.58. The van der Waals surface area contributed by atoms with Crippen LogP contribution < -0.4 is 5.32 Å². The number of rotatable bonds is 5. The largest absolute Gasteiger partial charge is 0.465 e. The molecular formula is C16H15BrClNO2. The van der Waals surface area contributed by atoms with Gasteiger partial charge in [0.1, 0.15) is 0 Å². The highest BCUT2D eigenvalue weighted by molar-refractivity contribution is 9.10. The number of halogens is 2. The van der Waals surface area contributed by atoms with E-state index >= 15 is 0 Å². The summed E-state index contributed by atoms with van der Waals surface area (Å²) in [4.78, 5) is 11.4. The highest BCUT2D eigenvalue weighted by atomic mass is 79.9. The second-order valence-corrected chi connectivity index (χ2v) is 5.75. The average Bonchev–Trinajstić information content (AvgIpc) is 2.50. The molecule has 0 aliphatic rings. The van der Waals surface area contributed by atoms with Crippen LogP contribution in [-0.4, -0.2) is 13.1 Å². The Bertz CT molecular complexity index is 646. The number of carbonyl (C=O) groups is 1. The first-order valence-corrected chi connectivity index (χ1v) is 7.60. The second kappa shape index (κ2) is 7.59. The second-order valence-electron chi connectivity index (χ2n) is 4.49. The van der Waals surface area contributed by atoms with Gasteiger partial charge in [-0.25, -0.2) is 4.79 Å². The Morgan fingerprint density at radius 2 is 1.90 bits per heavy atom. The number of methoxy groups -OCH3 is 1. The molecule has 0 aromatic heterocycles. The molecule has 0 saturated heterocycles. The molecule has 0 aliphatic heterocycles. The van der Waals surface area contributed by atoms with Crippen LogP contribution in [0.5, 0.6) is 0 Å². The minimum atomic E-state index is -0.341. The predicted molar refractivity (Wildman–Crippen MR) is 87.5 cm³/mol. The molecule has 0 radical (unpaired) electrons. The van der Waals surface area contributed by atoms with Crippen molar-refractivity contribution in [2.75, 3.05) is 7.11 Å². The predicted octanol–water partition coefficient (Wildman–Crippen LogP) is 4.18. The maximum atomic E-state index is 11.4. The molecule has 0 fully saturated rings. The Morgan fingerprint density at radius 3 is 2.57 bits per heavy atom. The van der Waals surface area contributed by atoms with Crippen LogP contribution in [0.3, 0.4) is 0 Å². The smallest absolute Gasteiger partial charge is 0.337 e. The van der Waals surface area contributed by atoms with Crippen LogP contribution in [0.15, 0.2) is 46.9 Å². The molecule has 21 heavy (non-hydrogen) atoms. The van der Waals surface area contributed by atoms with Crippen LogP contribution in [0, 0.1) is 0 Å². The fourth-order valence-electron chi connectivity index (χ4n) is 1.91. The first-order valence-electron chi connectivity index (χ1n) is 6.42. The maximum Gasteiger partial charge on any atom is 0.337 e. The van der Waals surface area contributed by atoms with Crippen molar-refractivity contribution in [3.8, 4) is 0 Å². The molecule has 0 spiro atoms. The van der Waals surface area contributed by atoms with Gasteiger partial charge in [-0.05, 0) is 29.3 Å². The Hall–Kier alpha value is -1.36. The number of carbonyl (C=O) groups excluding carboxylic acids is 1. The minimum absolute atomic E-state index is 0.341. The Balaban J connectivity index is 1.98. The van der Waals surface area contributed by atoms with Crippen LogP contribution in [0.2, 0.25) is 5.02 Å². The zero-order valence-electron chi connectivity index (χ0n) is 11.5. The number of hydrogen-bond acceptors (Lipinski definition) is 3. The lowest BCUT2D eigenvalue weighted by atomic mass is 10.1. The third kappa shape index (κ3) is 4.30. The Labute approximate surface area is 137 Å². The van der Waals surface area contributed by atoms with Gasteiger partial charge >= 0.3 is 5.97 Å². The van der Waals surface area contributed by atoms with E-state index in [0.717, 1.165) is 20.6 Å². The minimum Gasteiger partial charge on any atom is -0.465 e. The molecule has 0 atom stereocenters. The number of esters is 1. The van der Waals surface area contributed by atoms with Crippen LogP contribution in [-0.2, 0) is 17.8 Å². The van der Waals surface area contributed by atoms with E-state index in [2.05, 4.69) is 21.2 Å². The van der Waals surface area contributed by atoms with Crippen LogP contribution in [0.4, 0.5) is 0 Å².